The van der Waals surface area contributed by atoms with Gasteiger partial charge >= 0.3 is 5.97 Å². The summed E-state index contributed by atoms with van der Waals surface area (Å²) in [6.45, 7) is 1.57. The van der Waals surface area contributed by atoms with Gasteiger partial charge in [-0.3, -0.25) is 4.79 Å². The summed E-state index contributed by atoms with van der Waals surface area (Å²) in [5.41, 5.74) is 0. The summed E-state index contributed by atoms with van der Waals surface area (Å²) in [4.78, 5) is 10.8. The van der Waals surface area contributed by atoms with Crippen molar-refractivity contribution >= 4 is 15.8 Å². The van der Waals surface area contributed by atoms with E-state index < -0.39 is 37.2 Å². The molecule has 0 aliphatic heterocycles. The highest BCUT2D eigenvalue weighted by molar-refractivity contribution is 7.93. The Hall–Kier alpha value is -1.43. The van der Waals surface area contributed by atoms with Gasteiger partial charge in [-0.1, -0.05) is 19.1 Å². The second kappa shape index (κ2) is 4.05. The van der Waals surface area contributed by atoms with Crippen LogP contribution in [0.5, 0.6) is 0 Å². The zero-order valence-corrected chi connectivity index (χ0v) is 10.6. The molecule has 1 aliphatic carbocycles. The first kappa shape index (κ1) is 13.0. The van der Waals surface area contributed by atoms with Crippen LogP contribution in [-0.4, -0.2) is 24.2 Å². The van der Waals surface area contributed by atoms with Crippen LogP contribution in [0.15, 0.2) is 29.2 Å². The van der Waals surface area contributed by atoms with E-state index in [0.29, 0.717) is 6.42 Å². The molecule has 0 aromatic heterocycles. The van der Waals surface area contributed by atoms with Gasteiger partial charge < -0.3 is 5.11 Å². The molecule has 2 atom stereocenters. The summed E-state index contributed by atoms with van der Waals surface area (Å²) in [6.07, 6.45) is 0.542. The summed E-state index contributed by atoms with van der Waals surface area (Å²) in [5.74, 6) is -2.82. The van der Waals surface area contributed by atoms with Gasteiger partial charge in [0.15, 0.2) is 14.6 Å². The smallest absolute Gasteiger partial charge is 0.325 e. The fourth-order valence-corrected chi connectivity index (χ4v) is 4.62. The first-order chi connectivity index (χ1) is 8.34. The second-order valence-corrected chi connectivity index (χ2v) is 6.74. The lowest BCUT2D eigenvalue weighted by Gasteiger charge is -2.43. The van der Waals surface area contributed by atoms with Gasteiger partial charge in [0.05, 0.1) is 0 Å². The zero-order chi connectivity index (χ0) is 13.6. The SMILES string of the molecule is CC1CCC1(C(=O)O)S(=O)(=O)c1ccccc1F. The maximum absolute atomic E-state index is 13.6. The number of rotatable bonds is 3. The molecule has 1 saturated carbocycles. The maximum atomic E-state index is 13.6. The number of hydrogen-bond donors (Lipinski definition) is 1. The van der Waals surface area contributed by atoms with Gasteiger partial charge in [0, 0.05) is 0 Å². The molecule has 18 heavy (non-hydrogen) atoms. The van der Waals surface area contributed by atoms with E-state index in [0.717, 1.165) is 12.1 Å². The van der Waals surface area contributed by atoms with Crippen molar-refractivity contribution in [1.82, 2.24) is 0 Å². The van der Waals surface area contributed by atoms with Gasteiger partial charge in [-0.15, -0.1) is 0 Å². The largest absolute Gasteiger partial charge is 0.480 e. The highest BCUT2D eigenvalue weighted by Gasteiger charge is 2.61. The molecule has 0 saturated heterocycles. The third-order valence-electron chi connectivity index (χ3n) is 3.71. The fraction of sp³-hybridized carbons (Fsp3) is 0.417. The van der Waals surface area contributed by atoms with Crippen molar-refractivity contribution in [2.75, 3.05) is 0 Å². The molecule has 1 aromatic rings. The molecule has 0 spiro atoms. The lowest BCUT2D eigenvalue weighted by Crippen LogP contribution is -2.58. The number of carboxylic acids is 1. The minimum atomic E-state index is -4.22. The average Bonchev–Trinajstić information content (AvgIpc) is 2.26. The van der Waals surface area contributed by atoms with Crippen LogP contribution < -0.4 is 0 Å². The van der Waals surface area contributed by atoms with E-state index in [1.165, 1.54) is 12.1 Å². The van der Waals surface area contributed by atoms with Crippen LogP contribution in [0.3, 0.4) is 0 Å². The van der Waals surface area contributed by atoms with Crippen molar-refractivity contribution in [3.05, 3.63) is 30.1 Å². The Labute approximate surface area is 104 Å². The van der Waals surface area contributed by atoms with Gasteiger partial charge in [0.25, 0.3) is 0 Å². The van der Waals surface area contributed by atoms with Gasteiger partial charge in [-0.2, -0.15) is 0 Å². The van der Waals surface area contributed by atoms with Crippen LogP contribution in [0.2, 0.25) is 0 Å². The zero-order valence-electron chi connectivity index (χ0n) is 9.76. The Bertz CT molecular complexity index is 596. The van der Waals surface area contributed by atoms with Crippen LogP contribution in [0.4, 0.5) is 4.39 Å². The van der Waals surface area contributed by atoms with Gasteiger partial charge in [0.1, 0.15) is 10.7 Å². The Balaban J connectivity index is 2.62. The number of hydrogen-bond acceptors (Lipinski definition) is 3. The van der Waals surface area contributed by atoms with Crippen LogP contribution in [0, 0.1) is 11.7 Å². The average molecular weight is 272 g/mol. The molecule has 1 aliphatic rings. The van der Waals surface area contributed by atoms with Gasteiger partial charge in [0.2, 0.25) is 0 Å². The van der Waals surface area contributed by atoms with Gasteiger partial charge in [-0.05, 0) is 30.9 Å². The molecule has 98 valence electrons. The van der Waals surface area contributed by atoms with E-state index >= 15 is 0 Å². The van der Waals surface area contributed by atoms with Gasteiger partial charge in [-0.25, -0.2) is 12.8 Å². The number of benzene rings is 1. The number of carbonyl (C=O) groups is 1. The molecule has 1 N–H and O–H groups in total. The number of aliphatic carboxylic acids is 1. The molecule has 0 amide bonds. The quantitative estimate of drug-likeness (QED) is 0.911. The van der Waals surface area contributed by atoms with Crippen molar-refractivity contribution < 1.29 is 22.7 Å². The van der Waals surface area contributed by atoms with E-state index in [1.807, 2.05) is 0 Å². The first-order valence-electron chi connectivity index (χ1n) is 5.56. The standard InChI is InChI=1S/C12H13FO4S/c1-8-6-7-12(8,11(14)15)18(16,17)10-5-3-2-4-9(10)13/h2-5,8H,6-7H2,1H3,(H,14,15). The molecule has 4 nitrogen and oxygen atoms in total. The number of carboxylic acid groups (broad SMARTS) is 1. The predicted molar refractivity (Wildman–Crippen MR) is 62.4 cm³/mol. The minimum absolute atomic E-state index is 0.0279. The summed E-state index contributed by atoms with van der Waals surface area (Å²) >= 11 is 0. The van der Waals surface area contributed by atoms with Crippen molar-refractivity contribution in [2.24, 2.45) is 5.92 Å². The summed E-state index contributed by atoms with van der Waals surface area (Å²) < 4.78 is 36.5. The fourth-order valence-electron chi connectivity index (χ4n) is 2.39. The molecule has 0 radical (unpaired) electrons. The highest BCUT2D eigenvalue weighted by atomic mass is 32.2. The molecule has 6 heteroatoms. The molecule has 0 heterocycles. The Kier molecular flexibility index (Phi) is 2.93. The Morgan fingerprint density at radius 2 is 2.06 bits per heavy atom. The lowest BCUT2D eigenvalue weighted by molar-refractivity contribution is -0.144. The predicted octanol–water partition coefficient (Wildman–Crippen LogP) is 1.85. The summed E-state index contributed by atoms with van der Waals surface area (Å²) in [6, 6.07) is 4.88. The highest BCUT2D eigenvalue weighted by Crippen LogP contribution is 2.47. The van der Waals surface area contributed by atoms with Crippen molar-refractivity contribution in [3.63, 3.8) is 0 Å². The number of halogens is 1. The first-order valence-corrected chi connectivity index (χ1v) is 7.05. The maximum Gasteiger partial charge on any atom is 0.325 e. The normalized spacial score (nSPS) is 27.6. The van der Waals surface area contributed by atoms with Crippen LogP contribution in [-0.2, 0) is 14.6 Å². The third-order valence-corrected chi connectivity index (χ3v) is 6.36. The van der Waals surface area contributed by atoms with Crippen molar-refractivity contribution in [1.29, 1.82) is 0 Å². The number of sulfone groups is 1. The third kappa shape index (κ3) is 1.48. The van der Waals surface area contributed by atoms with E-state index in [1.54, 1.807) is 6.92 Å². The molecular weight excluding hydrogens is 259 g/mol. The summed E-state index contributed by atoms with van der Waals surface area (Å²) in [7, 11) is -4.22. The Morgan fingerprint density at radius 3 is 2.44 bits per heavy atom. The lowest BCUT2D eigenvalue weighted by atomic mass is 9.74. The topological polar surface area (TPSA) is 71.4 Å². The van der Waals surface area contributed by atoms with Crippen LogP contribution in [0.25, 0.3) is 0 Å². The molecular formula is C12H13FO4S. The molecule has 2 rings (SSSR count). The van der Waals surface area contributed by atoms with E-state index in [-0.39, 0.29) is 6.42 Å². The van der Waals surface area contributed by atoms with E-state index in [2.05, 4.69) is 0 Å². The van der Waals surface area contributed by atoms with Crippen LogP contribution >= 0.6 is 0 Å². The van der Waals surface area contributed by atoms with Crippen LogP contribution in [0.1, 0.15) is 19.8 Å². The Morgan fingerprint density at radius 1 is 1.44 bits per heavy atom. The van der Waals surface area contributed by atoms with E-state index in [9.17, 15) is 22.7 Å². The minimum Gasteiger partial charge on any atom is -0.480 e. The van der Waals surface area contributed by atoms with Crippen molar-refractivity contribution in [3.8, 4) is 0 Å². The second-order valence-electron chi connectivity index (χ2n) is 4.57. The molecule has 0 bridgehead atoms. The van der Waals surface area contributed by atoms with E-state index in [4.69, 9.17) is 0 Å². The van der Waals surface area contributed by atoms with Crippen molar-refractivity contribution in [2.45, 2.75) is 29.4 Å². The summed E-state index contributed by atoms with van der Waals surface area (Å²) in [5, 5.41) is 9.24. The molecule has 2 unspecified atom stereocenters. The molecule has 1 fully saturated rings. The monoisotopic (exact) mass is 272 g/mol. The molecule has 1 aromatic carbocycles.